The lowest BCUT2D eigenvalue weighted by molar-refractivity contribution is 0.0957. The molecule has 0 aliphatic heterocycles. The van der Waals surface area contributed by atoms with E-state index in [0.717, 1.165) is 16.5 Å². The van der Waals surface area contributed by atoms with Gasteiger partial charge in [-0.15, -0.1) is 0 Å². The number of nitrogens with one attached hydrogen (secondary N) is 1. The molecule has 0 fully saturated rings. The molecule has 1 atom stereocenters. The molecule has 0 amide bonds. The van der Waals surface area contributed by atoms with Crippen molar-refractivity contribution in [3.05, 3.63) is 36.0 Å². The molecule has 0 aliphatic rings. The van der Waals surface area contributed by atoms with Crippen LogP contribution >= 0.6 is 0 Å². The molecule has 0 saturated carbocycles. The van der Waals surface area contributed by atoms with Crippen LogP contribution in [0.15, 0.2) is 30.5 Å². The lowest BCUT2D eigenvalue weighted by atomic mass is 10.1. The van der Waals surface area contributed by atoms with Crippen molar-refractivity contribution in [1.29, 1.82) is 0 Å². The second-order valence-corrected chi connectivity index (χ2v) is 3.02. The van der Waals surface area contributed by atoms with Gasteiger partial charge < -0.3 is 15.2 Å². The smallest absolute Gasteiger partial charge is 0.102 e. The highest BCUT2D eigenvalue weighted by atomic mass is 16.3. The molecule has 68 valence electrons. The molecule has 1 aromatic carbocycles. The van der Waals surface area contributed by atoms with Crippen LogP contribution < -0.4 is 0 Å². The van der Waals surface area contributed by atoms with Gasteiger partial charge in [0.1, 0.15) is 6.10 Å². The summed E-state index contributed by atoms with van der Waals surface area (Å²) in [6.45, 7) is -0.244. The van der Waals surface area contributed by atoms with Crippen molar-refractivity contribution in [1.82, 2.24) is 4.98 Å². The summed E-state index contributed by atoms with van der Waals surface area (Å²) in [5.41, 5.74) is 1.71. The summed E-state index contributed by atoms with van der Waals surface area (Å²) in [6, 6.07) is 7.54. The molecule has 3 nitrogen and oxygen atoms in total. The highest BCUT2D eigenvalue weighted by Crippen LogP contribution is 2.18. The fourth-order valence-electron chi connectivity index (χ4n) is 1.38. The van der Waals surface area contributed by atoms with Gasteiger partial charge in [-0.3, -0.25) is 0 Å². The summed E-state index contributed by atoms with van der Waals surface area (Å²) in [4.78, 5) is 3.05. The van der Waals surface area contributed by atoms with Crippen molar-refractivity contribution in [2.45, 2.75) is 6.10 Å². The number of hydrogen-bond acceptors (Lipinski definition) is 2. The summed E-state index contributed by atoms with van der Waals surface area (Å²) in [7, 11) is 0. The van der Waals surface area contributed by atoms with E-state index in [2.05, 4.69) is 4.98 Å². The van der Waals surface area contributed by atoms with Gasteiger partial charge in [-0.25, -0.2) is 0 Å². The predicted octanol–water partition coefficient (Wildman–Crippen LogP) is 1.19. The summed E-state index contributed by atoms with van der Waals surface area (Å²) < 4.78 is 0. The van der Waals surface area contributed by atoms with E-state index in [1.54, 1.807) is 0 Å². The third-order valence-corrected chi connectivity index (χ3v) is 2.14. The highest BCUT2D eigenvalue weighted by molar-refractivity contribution is 5.79. The van der Waals surface area contributed by atoms with E-state index in [0.29, 0.717) is 0 Å². The lowest BCUT2D eigenvalue weighted by Gasteiger charge is -2.06. The first kappa shape index (κ1) is 8.29. The summed E-state index contributed by atoms with van der Waals surface area (Å²) in [5.74, 6) is 0. The van der Waals surface area contributed by atoms with Crippen LogP contribution in [0.4, 0.5) is 0 Å². The van der Waals surface area contributed by atoms with Crippen molar-refractivity contribution in [2.75, 3.05) is 6.61 Å². The van der Waals surface area contributed by atoms with Crippen LogP contribution in [0.3, 0.4) is 0 Å². The topological polar surface area (TPSA) is 56.2 Å². The molecule has 3 N–H and O–H groups in total. The molecular formula is C10H11NO2. The maximum absolute atomic E-state index is 9.36. The zero-order valence-electron chi connectivity index (χ0n) is 7.07. The first-order valence-electron chi connectivity index (χ1n) is 4.17. The van der Waals surface area contributed by atoms with Crippen LogP contribution in [0.25, 0.3) is 10.9 Å². The van der Waals surface area contributed by atoms with Crippen molar-refractivity contribution in [3.63, 3.8) is 0 Å². The number of aromatic nitrogens is 1. The minimum Gasteiger partial charge on any atom is -0.393 e. The molecule has 0 spiro atoms. The van der Waals surface area contributed by atoms with E-state index in [1.165, 1.54) is 0 Å². The fourth-order valence-corrected chi connectivity index (χ4v) is 1.38. The molecule has 13 heavy (non-hydrogen) atoms. The normalized spacial score (nSPS) is 13.4. The van der Waals surface area contributed by atoms with Gasteiger partial charge in [0.2, 0.25) is 0 Å². The maximum atomic E-state index is 9.36. The van der Waals surface area contributed by atoms with Gasteiger partial charge >= 0.3 is 0 Å². The molecule has 0 radical (unpaired) electrons. The third kappa shape index (κ3) is 1.43. The first-order chi connectivity index (χ1) is 6.31. The Hall–Kier alpha value is -1.32. The van der Waals surface area contributed by atoms with E-state index in [-0.39, 0.29) is 6.61 Å². The average Bonchev–Trinajstić information content (AvgIpc) is 2.63. The second-order valence-electron chi connectivity index (χ2n) is 3.02. The standard InChI is InChI=1S/C10H11NO2/c12-6-10(13)8-2-1-7-3-4-11-9(7)5-8/h1-5,10-13H,6H2. The molecule has 1 aromatic heterocycles. The van der Waals surface area contributed by atoms with Gasteiger partial charge in [0.25, 0.3) is 0 Å². The summed E-state index contributed by atoms with van der Waals surface area (Å²) in [5, 5.41) is 19.2. The van der Waals surface area contributed by atoms with Crippen molar-refractivity contribution in [2.24, 2.45) is 0 Å². The Morgan fingerprint density at radius 1 is 1.31 bits per heavy atom. The molecule has 2 aromatic rings. The second kappa shape index (κ2) is 3.20. The van der Waals surface area contributed by atoms with Crippen LogP contribution in [0, 0.1) is 0 Å². The molecule has 1 unspecified atom stereocenters. The van der Waals surface area contributed by atoms with Gasteiger partial charge in [-0.1, -0.05) is 12.1 Å². The Bertz CT molecular complexity index is 408. The minimum atomic E-state index is -0.785. The molecule has 0 saturated heterocycles. The van der Waals surface area contributed by atoms with E-state index >= 15 is 0 Å². The number of aliphatic hydroxyl groups is 2. The van der Waals surface area contributed by atoms with Crippen molar-refractivity contribution in [3.8, 4) is 0 Å². The zero-order valence-corrected chi connectivity index (χ0v) is 7.07. The van der Waals surface area contributed by atoms with Gasteiger partial charge in [0.05, 0.1) is 6.61 Å². The number of aromatic amines is 1. The minimum absolute atomic E-state index is 0.244. The van der Waals surface area contributed by atoms with Crippen molar-refractivity contribution < 1.29 is 10.2 Å². The molecule has 1 heterocycles. The highest BCUT2D eigenvalue weighted by Gasteiger charge is 2.05. The van der Waals surface area contributed by atoms with Gasteiger partial charge in [0, 0.05) is 11.7 Å². The van der Waals surface area contributed by atoms with Crippen LogP contribution in [0.1, 0.15) is 11.7 Å². The maximum Gasteiger partial charge on any atom is 0.102 e. The fraction of sp³-hybridized carbons (Fsp3) is 0.200. The van der Waals surface area contributed by atoms with Gasteiger partial charge in [-0.05, 0) is 23.1 Å². The summed E-state index contributed by atoms with van der Waals surface area (Å²) in [6.07, 6.45) is 1.06. The number of fused-ring (bicyclic) bond motifs is 1. The van der Waals surface area contributed by atoms with Gasteiger partial charge in [0.15, 0.2) is 0 Å². The Labute approximate surface area is 75.6 Å². The molecular weight excluding hydrogens is 166 g/mol. The Morgan fingerprint density at radius 3 is 2.92 bits per heavy atom. The van der Waals surface area contributed by atoms with E-state index in [9.17, 15) is 5.11 Å². The SMILES string of the molecule is OCC(O)c1ccc2cc[nH]c2c1. The van der Waals surface area contributed by atoms with Crippen LogP contribution in [-0.2, 0) is 0 Å². The van der Waals surface area contributed by atoms with E-state index in [1.807, 2.05) is 30.5 Å². The Kier molecular flexibility index (Phi) is 2.04. The molecule has 2 rings (SSSR count). The quantitative estimate of drug-likeness (QED) is 0.645. The number of aliphatic hydroxyl groups excluding tert-OH is 2. The summed E-state index contributed by atoms with van der Waals surface area (Å²) >= 11 is 0. The average molecular weight is 177 g/mol. The molecule has 0 aliphatic carbocycles. The molecule has 3 heteroatoms. The number of hydrogen-bond donors (Lipinski definition) is 3. The third-order valence-electron chi connectivity index (χ3n) is 2.14. The van der Waals surface area contributed by atoms with Crippen LogP contribution in [-0.4, -0.2) is 21.8 Å². The van der Waals surface area contributed by atoms with Crippen molar-refractivity contribution >= 4 is 10.9 Å². The number of H-pyrrole nitrogens is 1. The molecule has 0 bridgehead atoms. The monoisotopic (exact) mass is 177 g/mol. The largest absolute Gasteiger partial charge is 0.393 e. The van der Waals surface area contributed by atoms with E-state index in [4.69, 9.17) is 5.11 Å². The first-order valence-corrected chi connectivity index (χ1v) is 4.17. The predicted molar refractivity (Wildman–Crippen MR) is 50.3 cm³/mol. The Balaban J connectivity index is 2.48. The van der Waals surface area contributed by atoms with Crippen LogP contribution in [0.2, 0.25) is 0 Å². The van der Waals surface area contributed by atoms with Gasteiger partial charge in [-0.2, -0.15) is 0 Å². The van der Waals surface area contributed by atoms with E-state index < -0.39 is 6.10 Å². The Morgan fingerprint density at radius 2 is 2.15 bits per heavy atom. The number of benzene rings is 1. The number of rotatable bonds is 2. The van der Waals surface area contributed by atoms with Crippen LogP contribution in [0.5, 0.6) is 0 Å². The zero-order chi connectivity index (χ0) is 9.26. The lowest BCUT2D eigenvalue weighted by Crippen LogP contribution is -2.01.